The van der Waals surface area contributed by atoms with Gasteiger partial charge in [-0.05, 0) is 12.1 Å². The maximum Gasteiger partial charge on any atom is 0.261 e. The van der Waals surface area contributed by atoms with E-state index in [-0.39, 0.29) is 29.0 Å². The van der Waals surface area contributed by atoms with Gasteiger partial charge in [0.1, 0.15) is 17.1 Å². The zero-order valence-electron chi connectivity index (χ0n) is 8.05. The monoisotopic (exact) mass is 208 g/mol. The number of phenols is 2. The molecule has 1 aliphatic heterocycles. The minimum Gasteiger partial charge on any atom is -0.507 e. The molecule has 1 heterocycles. The van der Waals surface area contributed by atoms with Gasteiger partial charge in [-0.1, -0.05) is 6.07 Å². The molecule has 0 aromatic heterocycles. The Labute approximate surface area is 86.7 Å². The number of phenolic OH excluding ortho intramolecular Hbond substituents is 2. The van der Waals surface area contributed by atoms with Crippen molar-refractivity contribution in [3.8, 4) is 11.5 Å². The Bertz CT molecular complexity index is 379. The third-order valence-corrected chi connectivity index (χ3v) is 2.43. The van der Waals surface area contributed by atoms with Gasteiger partial charge in [0.05, 0.1) is 0 Å². The lowest BCUT2D eigenvalue weighted by atomic mass is 10.1. The van der Waals surface area contributed by atoms with Crippen molar-refractivity contribution >= 4 is 5.91 Å². The van der Waals surface area contributed by atoms with Crippen LogP contribution in [0.25, 0.3) is 0 Å². The predicted molar refractivity (Wildman–Crippen MR) is 53.7 cm³/mol. The smallest absolute Gasteiger partial charge is 0.261 e. The fraction of sp³-hybridized carbons (Fsp3) is 0.300. The fourth-order valence-corrected chi connectivity index (χ4v) is 1.58. The molecule has 0 saturated carbocycles. The molecule has 4 N–H and O–H groups in total. The van der Waals surface area contributed by atoms with Crippen molar-refractivity contribution in [2.45, 2.75) is 6.04 Å². The molecule has 15 heavy (non-hydrogen) atoms. The van der Waals surface area contributed by atoms with E-state index in [4.69, 9.17) is 5.73 Å². The van der Waals surface area contributed by atoms with Gasteiger partial charge >= 0.3 is 0 Å². The summed E-state index contributed by atoms with van der Waals surface area (Å²) in [6.07, 6.45) is 0. The van der Waals surface area contributed by atoms with Crippen LogP contribution in [-0.4, -0.2) is 40.2 Å². The highest BCUT2D eigenvalue weighted by Crippen LogP contribution is 2.28. The number of benzene rings is 1. The molecule has 0 bridgehead atoms. The quantitative estimate of drug-likeness (QED) is 0.600. The highest BCUT2D eigenvalue weighted by molar-refractivity contribution is 5.99. The molecule has 1 aromatic rings. The van der Waals surface area contributed by atoms with Gasteiger partial charge in [0.2, 0.25) is 0 Å². The second-order valence-corrected chi connectivity index (χ2v) is 3.64. The molecule has 1 fully saturated rings. The summed E-state index contributed by atoms with van der Waals surface area (Å²) in [5.41, 5.74) is 5.49. The van der Waals surface area contributed by atoms with Crippen molar-refractivity contribution in [3.63, 3.8) is 0 Å². The van der Waals surface area contributed by atoms with Crippen LogP contribution in [0.2, 0.25) is 0 Å². The summed E-state index contributed by atoms with van der Waals surface area (Å²) in [4.78, 5) is 13.3. The molecule has 0 spiro atoms. The highest BCUT2D eigenvalue weighted by Gasteiger charge is 2.31. The van der Waals surface area contributed by atoms with Crippen LogP contribution in [0.4, 0.5) is 0 Å². The van der Waals surface area contributed by atoms with Crippen molar-refractivity contribution in [2.75, 3.05) is 13.1 Å². The first-order valence-electron chi connectivity index (χ1n) is 4.65. The van der Waals surface area contributed by atoms with Crippen molar-refractivity contribution in [3.05, 3.63) is 23.8 Å². The molecule has 1 aliphatic rings. The molecule has 1 saturated heterocycles. The maximum absolute atomic E-state index is 11.8. The molecule has 5 heteroatoms. The van der Waals surface area contributed by atoms with Gasteiger partial charge in [-0.25, -0.2) is 0 Å². The number of carbonyl (C=O) groups is 1. The van der Waals surface area contributed by atoms with Crippen LogP contribution >= 0.6 is 0 Å². The number of aromatic hydroxyl groups is 2. The highest BCUT2D eigenvalue weighted by atomic mass is 16.3. The average Bonchev–Trinajstić information content (AvgIpc) is 2.12. The van der Waals surface area contributed by atoms with E-state index in [0.29, 0.717) is 13.1 Å². The molecule has 0 aliphatic carbocycles. The summed E-state index contributed by atoms with van der Waals surface area (Å²) in [7, 11) is 0. The summed E-state index contributed by atoms with van der Waals surface area (Å²) < 4.78 is 0. The van der Waals surface area contributed by atoms with Gasteiger partial charge in [0.25, 0.3) is 5.91 Å². The summed E-state index contributed by atoms with van der Waals surface area (Å²) in [6, 6.07) is 4.21. The van der Waals surface area contributed by atoms with Crippen LogP contribution in [0.3, 0.4) is 0 Å². The number of carbonyl (C=O) groups excluding carboxylic acids is 1. The third-order valence-electron chi connectivity index (χ3n) is 2.43. The summed E-state index contributed by atoms with van der Waals surface area (Å²) >= 11 is 0. The molecular weight excluding hydrogens is 196 g/mol. The van der Waals surface area contributed by atoms with Gasteiger partial charge < -0.3 is 20.8 Å². The first kappa shape index (κ1) is 9.79. The lowest BCUT2D eigenvalue weighted by molar-refractivity contribution is 0.0602. The lowest BCUT2D eigenvalue weighted by Crippen LogP contribution is -2.57. The number of likely N-dealkylation sites (tertiary alicyclic amines) is 1. The molecule has 1 aromatic carbocycles. The van der Waals surface area contributed by atoms with Crippen molar-refractivity contribution in [2.24, 2.45) is 5.73 Å². The molecule has 1 amide bonds. The zero-order chi connectivity index (χ0) is 11.0. The normalized spacial score (nSPS) is 16.2. The van der Waals surface area contributed by atoms with E-state index in [9.17, 15) is 15.0 Å². The van der Waals surface area contributed by atoms with Crippen LogP contribution in [0.5, 0.6) is 11.5 Å². The molecule has 80 valence electrons. The third kappa shape index (κ3) is 1.61. The van der Waals surface area contributed by atoms with Crippen LogP contribution < -0.4 is 5.73 Å². The Morgan fingerprint density at radius 1 is 1.33 bits per heavy atom. The maximum atomic E-state index is 11.8. The molecular formula is C10H12N2O3. The van der Waals surface area contributed by atoms with E-state index in [1.165, 1.54) is 23.1 Å². The van der Waals surface area contributed by atoms with E-state index in [1.807, 2.05) is 0 Å². The first-order chi connectivity index (χ1) is 7.09. The Hall–Kier alpha value is -1.75. The van der Waals surface area contributed by atoms with Crippen molar-refractivity contribution < 1.29 is 15.0 Å². The first-order valence-corrected chi connectivity index (χ1v) is 4.65. The van der Waals surface area contributed by atoms with Gasteiger partial charge in [0, 0.05) is 19.1 Å². The SMILES string of the molecule is NC1CN(C(=O)c2c(O)cccc2O)C1. The molecule has 0 radical (unpaired) electrons. The average molecular weight is 208 g/mol. The van der Waals surface area contributed by atoms with Crippen molar-refractivity contribution in [1.82, 2.24) is 4.90 Å². The topological polar surface area (TPSA) is 86.8 Å². The number of hydrogen-bond acceptors (Lipinski definition) is 4. The second kappa shape index (κ2) is 3.43. The Balaban J connectivity index is 2.26. The summed E-state index contributed by atoms with van der Waals surface area (Å²) in [6.45, 7) is 0.930. The Morgan fingerprint density at radius 3 is 2.33 bits per heavy atom. The van der Waals surface area contributed by atoms with Gasteiger partial charge in [-0.3, -0.25) is 4.79 Å². The van der Waals surface area contributed by atoms with Crippen LogP contribution in [0, 0.1) is 0 Å². The standard InChI is InChI=1S/C10H12N2O3/c11-6-4-12(5-6)10(15)9-7(13)2-1-3-8(9)14/h1-3,6,13-14H,4-5,11H2. The number of hydrogen-bond donors (Lipinski definition) is 3. The van der Waals surface area contributed by atoms with Crippen LogP contribution in [0.1, 0.15) is 10.4 Å². The van der Waals surface area contributed by atoms with E-state index in [0.717, 1.165) is 0 Å². The Kier molecular flexibility index (Phi) is 2.24. The number of nitrogens with two attached hydrogens (primary N) is 1. The number of rotatable bonds is 1. The van der Waals surface area contributed by atoms with E-state index < -0.39 is 0 Å². The van der Waals surface area contributed by atoms with Gasteiger partial charge in [-0.15, -0.1) is 0 Å². The van der Waals surface area contributed by atoms with Crippen molar-refractivity contribution in [1.29, 1.82) is 0 Å². The second-order valence-electron chi connectivity index (χ2n) is 3.64. The van der Waals surface area contributed by atoms with E-state index >= 15 is 0 Å². The predicted octanol–water partition coefficient (Wildman–Crippen LogP) is -0.119. The van der Waals surface area contributed by atoms with E-state index in [2.05, 4.69) is 0 Å². The van der Waals surface area contributed by atoms with E-state index in [1.54, 1.807) is 0 Å². The Morgan fingerprint density at radius 2 is 1.87 bits per heavy atom. The summed E-state index contributed by atoms with van der Waals surface area (Å²) in [5, 5.41) is 18.9. The molecule has 0 unspecified atom stereocenters. The fourth-order valence-electron chi connectivity index (χ4n) is 1.58. The lowest BCUT2D eigenvalue weighted by Gasteiger charge is -2.37. The summed E-state index contributed by atoms with van der Waals surface area (Å²) in [5.74, 6) is -0.798. The minimum atomic E-state index is -0.382. The van der Waals surface area contributed by atoms with Gasteiger partial charge in [0.15, 0.2) is 0 Å². The molecule has 0 atom stereocenters. The largest absolute Gasteiger partial charge is 0.507 e. The number of nitrogens with zero attached hydrogens (tertiary/aromatic N) is 1. The minimum absolute atomic E-state index is 0.00180. The number of amides is 1. The molecule has 2 rings (SSSR count). The molecule has 5 nitrogen and oxygen atoms in total. The van der Waals surface area contributed by atoms with Crippen LogP contribution in [0.15, 0.2) is 18.2 Å². The zero-order valence-corrected chi connectivity index (χ0v) is 8.05. The van der Waals surface area contributed by atoms with Gasteiger partial charge in [-0.2, -0.15) is 0 Å². The van der Waals surface area contributed by atoms with Crippen LogP contribution in [-0.2, 0) is 0 Å².